The summed E-state index contributed by atoms with van der Waals surface area (Å²) in [5, 5.41) is 8.30. The third-order valence-corrected chi connectivity index (χ3v) is 3.81. The first-order valence-corrected chi connectivity index (χ1v) is 5.96. The molecule has 1 aromatic rings. The Morgan fingerprint density at radius 3 is 2.12 bits per heavy atom. The summed E-state index contributed by atoms with van der Waals surface area (Å²) in [7, 11) is -0.483. The van der Waals surface area contributed by atoms with Crippen LogP contribution < -0.4 is 5.59 Å². The van der Waals surface area contributed by atoms with Crippen LogP contribution in [0.4, 0.5) is 0 Å². The highest BCUT2D eigenvalue weighted by Gasteiger charge is 2.52. The smallest absolute Gasteiger partial charge is 0.398 e. The van der Waals surface area contributed by atoms with Crippen LogP contribution in [0.2, 0.25) is 5.15 Å². The van der Waals surface area contributed by atoms with Crippen molar-refractivity contribution in [2.45, 2.75) is 45.8 Å². The van der Waals surface area contributed by atoms with Gasteiger partial charge in [0.1, 0.15) is 0 Å². The maximum atomic E-state index is 5.88. The summed E-state index contributed by atoms with van der Waals surface area (Å²) in [4.78, 5) is 0. The molecule has 0 spiro atoms. The molecule has 2 heterocycles. The molecule has 0 unspecified atom stereocenters. The summed E-state index contributed by atoms with van der Waals surface area (Å²) in [6.07, 6.45) is 0. The van der Waals surface area contributed by atoms with Gasteiger partial charge in [0.15, 0.2) is 5.15 Å². The van der Waals surface area contributed by atoms with Crippen molar-refractivity contribution in [3.63, 3.8) is 0 Å². The Morgan fingerprint density at radius 2 is 1.65 bits per heavy atom. The van der Waals surface area contributed by atoms with Crippen LogP contribution in [0.3, 0.4) is 0 Å². The van der Waals surface area contributed by atoms with Crippen LogP contribution in [0.5, 0.6) is 0 Å². The van der Waals surface area contributed by atoms with Crippen LogP contribution in [0, 0.1) is 6.92 Å². The average Bonchev–Trinajstić information content (AvgIpc) is 2.41. The van der Waals surface area contributed by atoms with E-state index in [0.29, 0.717) is 10.7 Å². The van der Waals surface area contributed by atoms with Gasteiger partial charge in [0.2, 0.25) is 0 Å². The second kappa shape index (κ2) is 3.94. The number of halogens is 1. The minimum absolute atomic E-state index is 0.368. The van der Waals surface area contributed by atoms with Crippen LogP contribution in [-0.2, 0) is 9.31 Å². The van der Waals surface area contributed by atoms with Gasteiger partial charge in [-0.1, -0.05) is 11.6 Å². The molecule has 1 aliphatic heterocycles. The Labute approximate surface area is 107 Å². The maximum absolute atomic E-state index is 5.88. The first-order chi connectivity index (χ1) is 7.73. The number of aromatic nitrogens is 2. The SMILES string of the molecule is Cc1cc(B2OC(C)(C)C(C)(C)O2)nnc1Cl. The van der Waals surface area contributed by atoms with Gasteiger partial charge in [0, 0.05) is 0 Å². The third-order valence-electron chi connectivity index (χ3n) is 3.44. The highest BCUT2D eigenvalue weighted by Crippen LogP contribution is 2.36. The Balaban J connectivity index is 2.29. The summed E-state index contributed by atoms with van der Waals surface area (Å²) in [6, 6.07) is 1.84. The van der Waals surface area contributed by atoms with Gasteiger partial charge in [-0.15, -0.1) is 5.10 Å². The lowest BCUT2D eigenvalue weighted by atomic mass is 9.84. The Bertz CT molecular complexity index is 435. The summed E-state index contributed by atoms with van der Waals surface area (Å²) in [5.41, 5.74) is 0.789. The molecule has 4 nitrogen and oxygen atoms in total. The quantitative estimate of drug-likeness (QED) is 0.716. The molecule has 0 aromatic carbocycles. The predicted octanol–water partition coefficient (Wildman–Crippen LogP) is 1.74. The predicted molar refractivity (Wildman–Crippen MR) is 67.5 cm³/mol. The van der Waals surface area contributed by atoms with E-state index in [1.807, 2.05) is 40.7 Å². The zero-order chi connectivity index (χ0) is 12.8. The number of nitrogens with zero attached hydrogens (tertiary/aromatic N) is 2. The molecule has 0 amide bonds. The zero-order valence-corrected chi connectivity index (χ0v) is 11.5. The molecular formula is C11H16BClN2O2. The lowest BCUT2D eigenvalue weighted by molar-refractivity contribution is 0.00578. The summed E-state index contributed by atoms with van der Waals surface area (Å²) < 4.78 is 11.8. The molecular weight excluding hydrogens is 238 g/mol. The Morgan fingerprint density at radius 1 is 1.12 bits per heavy atom. The Hall–Kier alpha value is -0.645. The molecule has 17 heavy (non-hydrogen) atoms. The average molecular weight is 255 g/mol. The van der Waals surface area contributed by atoms with Crippen LogP contribution >= 0.6 is 11.6 Å². The molecule has 1 saturated heterocycles. The molecule has 0 atom stereocenters. The van der Waals surface area contributed by atoms with E-state index in [-0.39, 0.29) is 11.2 Å². The van der Waals surface area contributed by atoms with Crippen LogP contribution in [0.15, 0.2) is 6.07 Å². The van der Waals surface area contributed by atoms with Crippen molar-refractivity contribution in [3.8, 4) is 0 Å². The molecule has 1 aromatic heterocycles. The van der Waals surface area contributed by atoms with Gasteiger partial charge in [-0.2, -0.15) is 5.10 Å². The highest BCUT2D eigenvalue weighted by molar-refractivity contribution is 6.61. The topological polar surface area (TPSA) is 44.2 Å². The van der Waals surface area contributed by atoms with E-state index in [1.54, 1.807) is 0 Å². The third kappa shape index (κ3) is 2.19. The van der Waals surface area contributed by atoms with Gasteiger partial charge in [0.25, 0.3) is 0 Å². The fraction of sp³-hybridized carbons (Fsp3) is 0.636. The molecule has 6 heteroatoms. The molecule has 0 saturated carbocycles. The lowest BCUT2D eigenvalue weighted by Gasteiger charge is -2.32. The van der Waals surface area contributed by atoms with Crippen LogP contribution in [-0.4, -0.2) is 28.5 Å². The lowest BCUT2D eigenvalue weighted by Crippen LogP contribution is -2.41. The standard InChI is InChI=1S/C11H16BClN2O2/c1-7-6-8(14-15-9(7)13)12-16-10(2,3)11(4,5)17-12/h6H,1-5H3. The van der Waals surface area contributed by atoms with Crippen molar-refractivity contribution >= 4 is 24.3 Å². The normalized spacial score (nSPS) is 21.9. The molecule has 2 rings (SSSR count). The summed E-state index contributed by atoms with van der Waals surface area (Å²) >= 11 is 5.84. The fourth-order valence-electron chi connectivity index (χ4n) is 1.57. The van der Waals surface area contributed by atoms with Gasteiger partial charge >= 0.3 is 7.12 Å². The van der Waals surface area contributed by atoms with Crippen molar-refractivity contribution in [3.05, 3.63) is 16.8 Å². The van der Waals surface area contributed by atoms with E-state index in [2.05, 4.69) is 10.2 Å². The van der Waals surface area contributed by atoms with Gasteiger partial charge in [0.05, 0.1) is 16.8 Å². The molecule has 0 radical (unpaired) electrons. The van der Waals surface area contributed by atoms with E-state index < -0.39 is 7.12 Å². The number of hydrogen-bond acceptors (Lipinski definition) is 4. The number of aryl methyl sites for hydroxylation is 1. The zero-order valence-electron chi connectivity index (χ0n) is 10.7. The van der Waals surface area contributed by atoms with E-state index in [4.69, 9.17) is 20.9 Å². The van der Waals surface area contributed by atoms with Crippen molar-refractivity contribution in [2.24, 2.45) is 0 Å². The first-order valence-electron chi connectivity index (χ1n) is 5.58. The van der Waals surface area contributed by atoms with E-state index in [9.17, 15) is 0 Å². The fourth-order valence-corrected chi connectivity index (χ4v) is 1.66. The maximum Gasteiger partial charge on any atom is 0.516 e. The minimum atomic E-state index is -0.483. The number of rotatable bonds is 1. The second-order valence-electron chi connectivity index (χ2n) is 5.33. The number of hydrogen-bond donors (Lipinski definition) is 0. The molecule has 1 aliphatic rings. The molecule has 0 N–H and O–H groups in total. The van der Waals surface area contributed by atoms with Crippen LogP contribution in [0.1, 0.15) is 33.3 Å². The van der Waals surface area contributed by atoms with Gasteiger partial charge in [-0.05, 0) is 46.2 Å². The van der Waals surface area contributed by atoms with E-state index in [1.165, 1.54) is 0 Å². The van der Waals surface area contributed by atoms with Gasteiger partial charge < -0.3 is 9.31 Å². The van der Waals surface area contributed by atoms with E-state index in [0.717, 1.165) is 5.56 Å². The molecule has 1 fully saturated rings. The largest absolute Gasteiger partial charge is 0.516 e. The van der Waals surface area contributed by atoms with Crippen molar-refractivity contribution in [2.75, 3.05) is 0 Å². The summed E-state index contributed by atoms with van der Waals surface area (Å²) in [6.45, 7) is 9.89. The van der Waals surface area contributed by atoms with Gasteiger partial charge in [-0.25, -0.2) is 0 Å². The monoisotopic (exact) mass is 254 g/mol. The van der Waals surface area contributed by atoms with E-state index >= 15 is 0 Å². The Kier molecular flexibility index (Phi) is 2.96. The minimum Gasteiger partial charge on any atom is -0.398 e. The van der Waals surface area contributed by atoms with Gasteiger partial charge in [-0.3, -0.25) is 0 Å². The molecule has 0 aliphatic carbocycles. The first kappa shape index (κ1) is 12.8. The van der Waals surface area contributed by atoms with Crippen molar-refractivity contribution < 1.29 is 9.31 Å². The van der Waals surface area contributed by atoms with Crippen molar-refractivity contribution in [1.29, 1.82) is 0 Å². The van der Waals surface area contributed by atoms with Crippen molar-refractivity contribution in [1.82, 2.24) is 10.2 Å². The van der Waals surface area contributed by atoms with Crippen LogP contribution in [0.25, 0.3) is 0 Å². The second-order valence-corrected chi connectivity index (χ2v) is 5.69. The molecule has 92 valence electrons. The summed E-state index contributed by atoms with van der Waals surface area (Å²) in [5.74, 6) is 0. The highest BCUT2D eigenvalue weighted by atomic mass is 35.5. The molecule has 0 bridgehead atoms.